The van der Waals surface area contributed by atoms with Crippen LogP contribution in [0, 0.1) is 5.92 Å². The molecule has 0 radical (unpaired) electrons. The summed E-state index contributed by atoms with van der Waals surface area (Å²) in [5.74, 6) is 0.497. The molecule has 0 saturated heterocycles. The molecule has 230 valence electrons. The number of ether oxygens (including phenoxy) is 1. The van der Waals surface area contributed by atoms with Gasteiger partial charge in [0.05, 0.1) is 19.1 Å². The van der Waals surface area contributed by atoms with Gasteiger partial charge >= 0.3 is 0 Å². The Bertz CT molecular complexity index is 1830. The molecule has 2 bridgehead atoms. The van der Waals surface area contributed by atoms with Crippen LogP contribution in [0.4, 0.5) is 0 Å². The molecule has 0 fully saturated rings. The highest BCUT2D eigenvalue weighted by molar-refractivity contribution is 5.99. The van der Waals surface area contributed by atoms with E-state index < -0.39 is 6.04 Å². The highest BCUT2D eigenvalue weighted by Crippen LogP contribution is 2.25. The Balaban J connectivity index is 1.35. The molecule has 3 aromatic carbocycles. The number of aromatic nitrogens is 6. The summed E-state index contributed by atoms with van der Waals surface area (Å²) in [6.45, 7) is 4.55. The van der Waals surface area contributed by atoms with Crippen LogP contribution in [0.3, 0.4) is 0 Å². The number of hydrogen-bond donors (Lipinski definition) is 3. The van der Waals surface area contributed by atoms with Crippen molar-refractivity contribution in [1.29, 1.82) is 0 Å². The number of fused-ring (bicyclic) bond motifs is 4. The molecule has 3 amide bonds. The smallest absolute Gasteiger partial charge is 0.254 e. The van der Waals surface area contributed by atoms with Gasteiger partial charge in [-0.3, -0.25) is 14.4 Å². The molecule has 3 heterocycles. The van der Waals surface area contributed by atoms with Crippen LogP contribution in [-0.4, -0.2) is 79.0 Å². The lowest BCUT2D eigenvalue weighted by molar-refractivity contribution is -0.123. The Morgan fingerprint density at radius 1 is 0.933 bits per heavy atom. The van der Waals surface area contributed by atoms with Crippen molar-refractivity contribution >= 4 is 28.8 Å². The molecule has 3 N–H and O–H groups in total. The molecule has 1 aliphatic heterocycles. The van der Waals surface area contributed by atoms with E-state index in [-0.39, 0.29) is 49.9 Å². The van der Waals surface area contributed by atoms with Crippen molar-refractivity contribution in [2.45, 2.75) is 26.4 Å². The Morgan fingerprint density at radius 3 is 2.56 bits per heavy atom. The molecule has 45 heavy (non-hydrogen) atoms. The van der Waals surface area contributed by atoms with Crippen molar-refractivity contribution in [1.82, 2.24) is 45.7 Å². The van der Waals surface area contributed by atoms with E-state index in [1.54, 1.807) is 47.1 Å². The summed E-state index contributed by atoms with van der Waals surface area (Å²) in [7, 11) is 0. The lowest BCUT2D eigenvalue weighted by atomic mass is 10.0. The van der Waals surface area contributed by atoms with Gasteiger partial charge in [-0.1, -0.05) is 50.2 Å². The lowest BCUT2D eigenvalue weighted by Gasteiger charge is -2.26. The van der Waals surface area contributed by atoms with E-state index in [1.807, 2.05) is 44.2 Å². The number of hydrogen-bond acceptors (Lipinski definition) is 8. The fourth-order valence-corrected chi connectivity index (χ4v) is 5.17. The number of aromatic amines is 1. The predicted molar refractivity (Wildman–Crippen MR) is 165 cm³/mol. The highest BCUT2D eigenvalue weighted by atomic mass is 16.5. The van der Waals surface area contributed by atoms with Gasteiger partial charge in [-0.15, -0.1) is 0 Å². The zero-order valence-corrected chi connectivity index (χ0v) is 24.9. The van der Waals surface area contributed by atoms with E-state index in [0.29, 0.717) is 46.1 Å². The molecule has 13 nitrogen and oxygen atoms in total. The first kappa shape index (κ1) is 29.5. The maximum Gasteiger partial charge on any atom is 0.254 e. The second kappa shape index (κ2) is 13.0. The molecule has 0 spiro atoms. The van der Waals surface area contributed by atoms with Crippen LogP contribution >= 0.6 is 0 Å². The van der Waals surface area contributed by atoms with E-state index >= 15 is 0 Å². The summed E-state index contributed by atoms with van der Waals surface area (Å²) in [6.07, 6.45) is 0. The number of H-pyrrole nitrogens is 1. The van der Waals surface area contributed by atoms with Crippen LogP contribution in [0.5, 0.6) is 5.75 Å². The van der Waals surface area contributed by atoms with Crippen molar-refractivity contribution in [2.24, 2.45) is 5.92 Å². The van der Waals surface area contributed by atoms with Crippen molar-refractivity contribution in [3.8, 4) is 17.1 Å². The summed E-state index contributed by atoms with van der Waals surface area (Å²) < 4.78 is 7.76. The summed E-state index contributed by atoms with van der Waals surface area (Å²) in [5.41, 5.74) is 2.74. The number of benzene rings is 3. The minimum atomic E-state index is -0.510. The van der Waals surface area contributed by atoms with Gasteiger partial charge < -0.3 is 20.3 Å². The van der Waals surface area contributed by atoms with Gasteiger partial charge in [-0.25, -0.2) is 9.67 Å². The molecule has 5 aromatic rings. The Kier molecular flexibility index (Phi) is 8.49. The quantitative estimate of drug-likeness (QED) is 0.282. The third-order valence-corrected chi connectivity index (χ3v) is 7.51. The number of amides is 3. The molecule has 6 rings (SSSR count). The van der Waals surface area contributed by atoms with Gasteiger partial charge in [0, 0.05) is 29.8 Å². The van der Waals surface area contributed by atoms with Crippen LogP contribution in [0.15, 0.2) is 72.8 Å². The van der Waals surface area contributed by atoms with Crippen molar-refractivity contribution in [3.63, 3.8) is 0 Å². The van der Waals surface area contributed by atoms with Gasteiger partial charge in [0.1, 0.15) is 23.4 Å². The number of nitrogens with one attached hydrogen (secondary N) is 3. The molecule has 13 heteroatoms. The minimum Gasteiger partial charge on any atom is -0.492 e. The normalized spacial score (nSPS) is 16.4. The zero-order valence-electron chi connectivity index (χ0n) is 24.9. The van der Waals surface area contributed by atoms with Gasteiger partial charge in [-0.2, -0.15) is 20.5 Å². The summed E-state index contributed by atoms with van der Waals surface area (Å²) in [4.78, 5) is 46.6. The molecular weight excluding hydrogens is 574 g/mol. The number of rotatable bonds is 3. The van der Waals surface area contributed by atoms with Crippen LogP contribution in [0.1, 0.15) is 46.4 Å². The molecule has 1 atom stereocenters. The molecular formula is C32H33N9O4. The Hall–Kier alpha value is -5.59. The second-order valence-corrected chi connectivity index (χ2v) is 11.1. The molecule has 1 aliphatic rings. The third-order valence-electron chi connectivity index (χ3n) is 7.51. The lowest BCUT2D eigenvalue weighted by Crippen LogP contribution is -2.46. The summed E-state index contributed by atoms with van der Waals surface area (Å²) in [6, 6.07) is 20.9. The van der Waals surface area contributed by atoms with E-state index in [2.05, 4.69) is 26.0 Å². The number of carbonyl (C=O) groups is 3. The topological polar surface area (TPSA) is 160 Å². The maximum atomic E-state index is 13.7. The first-order valence-electron chi connectivity index (χ1n) is 14.8. The van der Waals surface area contributed by atoms with E-state index in [0.717, 1.165) is 5.56 Å². The van der Waals surface area contributed by atoms with E-state index in [4.69, 9.17) is 14.8 Å². The monoisotopic (exact) mass is 607 g/mol. The SMILES string of the molecule is CC(C)[C@@H]1NC(=O)CN(C(=O)c2ccc3n[nH]nc3c2)CCNC(=O)c2cccc(c2)OCCn2nc(-c3ccccc3)nc21. The molecule has 2 aromatic heterocycles. The van der Waals surface area contributed by atoms with Gasteiger partial charge in [-0.05, 0) is 42.3 Å². The second-order valence-electron chi connectivity index (χ2n) is 11.1. The molecule has 0 aliphatic carbocycles. The Labute approximate surface area is 259 Å². The largest absolute Gasteiger partial charge is 0.492 e. The van der Waals surface area contributed by atoms with Gasteiger partial charge in [0.25, 0.3) is 11.8 Å². The average molecular weight is 608 g/mol. The summed E-state index contributed by atoms with van der Waals surface area (Å²) in [5, 5.41) is 21.4. The standard InChI is InChI=1S/C32H33N9O4/c1-20(2)28-30-35-29(21-7-4-3-5-8-21)38-41(30)15-16-45-24-10-6-9-22(17-24)31(43)33-13-14-40(19-27(42)34-28)32(44)23-11-12-25-26(18-23)37-39-36-25/h3-12,17-18,20,28H,13-16,19H2,1-2H3,(H,33,43)(H,34,42)(H,36,37,39)/t28-/m0/s1. The van der Waals surface area contributed by atoms with Crippen LogP contribution in [-0.2, 0) is 11.3 Å². The molecule has 0 saturated carbocycles. The van der Waals surface area contributed by atoms with Crippen molar-refractivity contribution in [3.05, 3.63) is 89.7 Å². The van der Waals surface area contributed by atoms with Crippen LogP contribution < -0.4 is 15.4 Å². The number of carbonyl (C=O) groups excluding carboxylic acids is 3. The fraction of sp³-hybridized carbons (Fsp3) is 0.281. The maximum absolute atomic E-state index is 13.7. The highest BCUT2D eigenvalue weighted by Gasteiger charge is 2.28. The molecule has 0 unspecified atom stereocenters. The fourth-order valence-electron chi connectivity index (χ4n) is 5.17. The van der Waals surface area contributed by atoms with Gasteiger partial charge in [0.15, 0.2) is 11.6 Å². The van der Waals surface area contributed by atoms with Crippen molar-refractivity contribution < 1.29 is 19.1 Å². The predicted octanol–water partition coefficient (Wildman–Crippen LogP) is 2.99. The van der Waals surface area contributed by atoms with Crippen LogP contribution in [0.25, 0.3) is 22.4 Å². The van der Waals surface area contributed by atoms with Gasteiger partial charge in [0.2, 0.25) is 5.91 Å². The summed E-state index contributed by atoms with van der Waals surface area (Å²) >= 11 is 0. The average Bonchev–Trinajstić information content (AvgIpc) is 3.70. The Morgan fingerprint density at radius 2 is 1.73 bits per heavy atom. The first-order valence-corrected chi connectivity index (χ1v) is 14.8. The van der Waals surface area contributed by atoms with Crippen LogP contribution in [0.2, 0.25) is 0 Å². The van der Waals surface area contributed by atoms with E-state index in [1.165, 1.54) is 4.90 Å². The number of nitrogens with zero attached hydrogens (tertiary/aromatic N) is 6. The zero-order chi connectivity index (χ0) is 31.3. The minimum absolute atomic E-state index is 0.0572. The first-order chi connectivity index (χ1) is 21.9. The van der Waals surface area contributed by atoms with Crippen molar-refractivity contribution in [2.75, 3.05) is 26.2 Å². The van der Waals surface area contributed by atoms with E-state index in [9.17, 15) is 14.4 Å². The third kappa shape index (κ3) is 6.66.